The van der Waals surface area contributed by atoms with Gasteiger partial charge in [-0.15, -0.1) is 0 Å². The van der Waals surface area contributed by atoms with Gasteiger partial charge >= 0.3 is 0 Å². The predicted octanol–water partition coefficient (Wildman–Crippen LogP) is 2.25. The first kappa shape index (κ1) is 15.8. The van der Waals surface area contributed by atoms with Gasteiger partial charge in [0.25, 0.3) is 5.91 Å². The molecule has 17 heavy (non-hydrogen) atoms. The quantitative estimate of drug-likeness (QED) is 0.594. The van der Waals surface area contributed by atoms with E-state index < -0.39 is 0 Å². The van der Waals surface area contributed by atoms with Crippen LogP contribution in [0.3, 0.4) is 0 Å². The van der Waals surface area contributed by atoms with Gasteiger partial charge in [-0.05, 0) is 20.8 Å². The van der Waals surface area contributed by atoms with Gasteiger partial charge in [-0.1, -0.05) is 19.4 Å². The fourth-order valence-electron chi connectivity index (χ4n) is 1.67. The summed E-state index contributed by atoms with van der Waals surface area (Å²) in [6.07, 6.45) is 0. The molecule has 0 unspecified atom stereocenters. The SMILES string of the molecule is CC.CC(=N)C(C(=O)N1CCOCC1)=C(C)C. The van der Waals surface area contributed by atoms with Crippen molar-refractivity contribution in [2.75, 3.05) is 26.3 Å². The van der Waals surface area contributed by atoms with Crippen LogP contribution in [0.1, 0.15) is 34.6 Å². The maximum Gasteiger partial charge on any atom is 0.255 e. The van der Waals surface area contributed by atoms with Crippen molar-refractivity contribution in [3.05, 3.63) is 11.1 Å². The Morgan fingerprint density at radius 3 is 1.94 bits per heavy atom. The van der Waals surface area contributed by atoms with Crippen LogP contribution in [0.4, 0.5) is 0 Å². The topological polar surface area (TPSA) is 53.4 Å². The number of allylic oxidation sites excluding steroid dienone is 1. The molecule has 0 aromatic rings. The van der Waals surface area contributed by atoms with Crippen LogP contribution >= 0.6 is 0 Å². The summed E-state index contributed by atoms with van der Waals surface area (Å²) in [4.78, 5) is 13.8. The van der Waals surface area contributed by atoms with Gasteiger partial charge in [0.1, 0.15) is 0 Å². The fourth-order valence-corrected chi connectivity index (χ4v) is 1.67. The summed E-state index contributed by atoms with van der Waals surface area (Å²) in [5, 5.41) is 7.59. The molecule has 1 N–H and O–H groups in total. The Kier molecular flexibility index (Phi) is 7.46. The molecule has 1 saturated heterocycles. The monoisotopic (exact) mass is 240 g/mol. The van der Waals surface area contributed by atoms with Crippen LogP contribution in [0.25, 0.3) is 0 Å². The number of nitrogens with one attached hydrogen (secondary N) is 1. The minimum atomic E-state index is -0.0363. The van der Waals surface area contributed by atoms with E-state index in [0.29, 0.717) is 37.6 Å². The third-order valence-electron chi connectivity index (χ3n) is 2.39. The summed E-state index contributed by atoms with van der Waals surface area (Å²) in [5.41, 5.74) is 1.78. The summed E-state index contributed by atoms with van der Waals surface area (Å²) in [6, 6.07) is 0. The van der Waals surface area contributed by atoms with Crippen molar-refractivity contribution in [2.45, 2.75) is 34.6 Å². The predicted molar refractivity (Wildman–Crippen MR) is 70.5 cm³/mol. The zero-order chi connectivity index (χ0) is 13.4. The van der Waals surface area contributed by atoms with Crippen LogP contribution in [0.5, 0.6) is 0 Å². The summed E-state index contributed by atoms with van der Waals surface area (Å²) < 4.78 is 5.19. The summed E-state index contributed by atoms with van der Waals surface area (Å²) >= 11 is 0. The summed E-state index contributed by atoms with van der Waals surface area (Å²) in [6.45, 7) is 11.8. The second kappa shape index (κ2) is 8.01. The second-order valence-corrected chi connectivity index (χ2v) is 3.90. The van der Waals surface area contributed by atoms with Gasteiger partial charge < -0.3 is 15.0 Å². The van der Waals surface area contributed by atoms with E-state index >= 15 is 0 Å². The molecule has 0 atom stereocenters. The van der Waals surface area contributed by atoms with Crippen LogP contribution in [0, 0.1) is 5.41 Å². The van der Waals surface area contributed by atoms with Gasteiger partial charge in [0, 0.05) is 18.8 Å². The van der Waals surface area contributed by atoms with Crippen molar-refractivity contribution >= 4 is 11.6 Å². The lowest BCUT2D eigenvalue weighted by molar-refractivity contribution is -0.130. The van der Waals surface area contributed by atoms with E-state index in [0.717, 1.165) is 5.57 Å². The van der Waals surface area contributed by atoms with Crippen molar-refractivity contribution < 1.29 is 9.53 Å². The number of ether oxygens (including phenoxy) is 1. The standard InChI is InChI=1S/C11H18N2O2.C2H6/c1-8(2)10(9(3)12)11(14)13-4-6-15-7-5-13;1-2/h12H,4-7H2,1-3H3;1-2H3. The highest BCUT2D eigenvalue weighted by Gasteiger charge is 2.22. The van der Waals surface area contributed by atoms with Crippen molar-refractivity contribution in [3.63, 3.8) is 0 Å². The molecule has 0 aliphatic carbocycles. The molecule has 4 heteroatoms. The molecule has 0 radical (unpaired) electrons. The molecule has 1 fully saturated rings. The average molecular weight is 240 g/mol. The van der Waals surface area contributed by atoms with E-state index in [1.54, 1.807) is 11.8 Å². The molecule has 1 rings (SSSR count). The second-order valence-electron chi connectivity index (χ2n) is 3.90. The number of nitrogens with zero attached hydrogens (tertiary/aromatic N) is 1. The van der Waals surface area contributed by atoms with E-state index in [1.807, 2.05) is 27.7 Å². The Balaban J connectivity index is 0.00000121. The van der Waals surface area contributed by atoms with E-state index in [4.69, 9.17) is 10.1 Å². The Bertz CT molecular complexity index is 299. The summed E-state index contributed by atoms with van der Waals surface area (Å²) in [5.74, 6) is -0.0363. The molecule has 0 bridgehead atoms. The third-order valence-corrected chi connectivity index (χ3v) is 2.39. The van der Waals surface area contributed by atoms with E-state index in [-0.39, 0.29) is 5.91 Å². The lowest BCUT2D eigenvalue weighted by atomic mass is 10.0. The number of hydrogen-bond donors (Lipinski definition) is 1. The molecule has 1 aliphatic heterocycles. The maximum absolute atomic E-state index is 12.1. The first-order valence-corrected chi connectivity index (χ1v) is 6.14. The zero-order valence-electron chi connectivity index (χ0n) is 11.6. The van der Waals surface area contributed by atoms with Crippen molar-refractivity contribution in [1.82, 2.24) is 4.90 Å². The minimum Gasteiger partial charge on any atom is -0.378 e. The van der Waals surface area contributed by atoms with Gasteiger partial charge in [-0.25, -0.2) is 0 Å². The van der Waals surface area contributed by atoms with Crippen LogP contribution in [0.15, 0.2) is 11.1 Å². The Morgan fingerprint density at radius 1 is 1.12 bits per heavy atom. The highest BCUT2D eigenvalue weighted by Crippen LogP contribution is 2.11. The number of rotatable bonds is 2. The molecule has 0 saturated carbocycles. The molecule has 1 heterocycles. The fraction of sp³-hybridized carbons (Fsp3) is 0.692. The molecule has 98 valence electrons. The maximum atomic E-state index is 12.1. The number of hydrogen-bond acceptors (Lipinski definition) is 3. The molecule has 0 aromatic carbocycles. The lowest BCUT2D eigenvalue weighted by Crippen LogP contribution is -2.42. The number of morpholine rings is 1. The molecule has 0 aromatic heterocycles. The summed E-state index contributed by atoms with van der Waals surface area (Å²) in [7, 11) is 0. The molecular formula is C13H24N2O2. The van der Waals surface area contributed by atoms with Crippen molar-refractivity contribution in [2.24, 2.45) is 0 Å². The molecule has 1 aliphatic rings. The highest BCUT2D eigenvalue weighted by molar-refractivity contribution is 6.20. The third kappa shape index (κ3) is 4.69. The first-order valence-electron chi connectivity index (χ1n) is 6.14. The first-order chi connectivity index (χ1) is 8.04. The highest BCUT2D eigenvalue weighted by atomic mass is 16.5. The van der Waals surface area contributed by atoms with Crippen molar-refractivity contribution in [3.8, 4) is 0 Å². The van der Waals surface area contributed by atoms with Gasteiger partial charge in [-0.2, -0.15) is 0 Å². The Labute approximate surface area is 104 Å². The van der Waals surface area contributed by atoms with Crippen LogP contribution < -0.4 is 0 Å². The minimum absolute atomic E-state index is 0.0363. The smallest absolute Gasteiger partial charge is 0.255 e. The number of carbonyl (C=O) groups excluding carboxylic acids is 1. The Morgan fingerprint density at radius 2 is 1.59 bits per heavy atom. The molecular weight excluding hydrogens is 216 g/mol. The van der Waals surface area contributed by atoms with Crippen molar-refractivity contribution in [1.29, 1.82) is 5.41 Å². The molecule has 1 amide bonds. The molecule has 0 spiro atoms. The zero-order valence-corrected chi connectivity index (χ0v) is 11.6. The van der Waals surface area contributed by atoms with Gasteiger partial charge in [-0.3, -0.25) is 4.79 Å². The van der Waals surface area contributed by atoms with Crippen LogP contribution in [-0.2, 0) is 9.53 Å². The van der Waals surface area contributed by atoms with Crippen LogP contribution in [-0.4, -0.2) is 42.8 Å². The average Bonchev–Trinajstić information content (AvgIpc) is 2.32. The van der Waals surface area contributed by atoms with E-state index in [9.17, 15) is 4.79 Å². The normalized spacial score (nSPS) is 14.5. The van der Waals surface area contributed by atoms with Gasteiger partial charge in [0.05, 0.1) is 18.8 Å². The number of carbonyl (C=O) groups is 1. The van der Waals surface area contributed by atoms with E-state index in [1.165, 1.54) is 0 Å². The van der Waals surface area contributed by atoms with Gasteiger partial charge in [0.15, 0.2) is 0 Å². The lowest BCUT2D eigenvalue weighted by Gasteiger charge is -2.28. The number of amides is 1. The Hall–Kier alpha value is -1.16. The van der Waals surface area contributed by atoms with E-state index in [2.05, 4.69) is 0 Å². The van der Waals surface area contributed by atoms with Gasteiger partial charge in [0.2, 0.25) is 0 Å². The van der Waals surface area contributed by atoms with Crippen LogP contribution in [0.2, 0.25) is 0 Å². The largest absolute Gasteiger partial charge is 0.378 e. The molecule has 4 nitrogen and oxygen atoms in total.